The molecule has 2 amide bonds. The Kier molecular flexibility index (Phi) is 6.57. The van der Waals surface area contributed by atoms with Crippen LogP contribution in [0.3, 0.4) is 0 Å². The van der Waals surface area contributed by atoms with Crippen LogP contribution in [0.4, 0.5) is 5.00 Å². The number of hydrogen-bond donors (Lipinski definition) is 1. The Morgan fingerprint density at radius 3 is 2.63 bits per heavy atom. The van der Waals surface area contributed by atoms with Crippen LogP contribution in [0.5, 0.6) is 5.75 Å². The number of rotatable bonds is 6. The molecule has 0 unspecified atom stereocenters. The zero-order chi connectivity index (χ0) is 24.4. The first-order valence-electron chi connectivity index (χ1n) is 11.4. The summed E-state index contributed by atoms with van der Waals surface area (Å²) in [5.41, 5.74) is 3.87. The van der Waals surface area contributed by atoms with E-state index in [9.17, 15) is 9.59 Å². The third-order valence-corrected chi connectivity index (χ3v) is 7.42. The van der Waals surface area contributed by atoms with E-state index in [1.165, 1.54) is 11.3 Å². The average Bonchev–Trinajstić information content (AvgIpc) is 3.44. The molecule has 0 spiro atoms. The number of carbonyl (C=O) groups excluding carboxylic acids is 2. The number of benzene rings is 2. The molecular formula is C27H26N2O5S. The van der Waals surface area contributed by atoms with Gasteiger partial charge in [0.05, 0.1) is 38.6 Å². The highest BCUT2D eigenvalue weighted by molar-refractivity contribution is 7.20. The number of fused-ring (bicyclic) bond motifs is 1. The largest absolute Gasteiger partial charge is 0.497 e. The van der Waals surface area contributed by atoms with Gasteiger partial charge in [-0.25, -0.2) is 0 Å². The topological polar surface area (TPSA) is 81.0 Å². The molecule has 0 bridgehead atoms. The third-order valence-electron chi connectivity index (χ3n) is 6.16. The maximum absolute atomic E-state index is 13.5. The number of hydrogen-bond acceptors (Lipinski definition) is 6. The van der Waals surface area contributed by atoms with Gasteiger partial charge >= 0.3 is 0 Å². The molecule has 0 atom stereocenters. The number of ether oxygens (including phenoxy) is 2. The molecule has 1 fully saturated rings. The van der Waals surface area contributed by atoms with Gasteiger partial charge in [0.25, 0.3) is 5.91 Å². The molecule has 1 saturated heterocycles. The summed E-state index contributed by atoms with van der Waals surface area (Å²) in [5, 5.41) is 4.45. The summed E-state index contributed by atoms with van der Waals surface area (Å²) in [7, 11) is 1.60. The first-order chi connectivity index (χ1) is 17.0. The first kappa shape index (κ1) is 23.1. The molecular weight excluding hydrogens is 464 g/mol. The van der Waals surface area contributed by atoms with E-state index in [1.807, 2.05) is 49.4 Å². The van der Waals surface area contributed by atoms with Gasteiger partial charge in [-0.2, -0.15) is 0 Å². The fourth-order valence-corrected chi connectivity index (χ4v) is 5.54. The molecule has 35 heavy (non-hydrogen) atoms. The van der Waals surface area contributed by atoms with Gasteiger partial charge in [-0.3, -0.25) is 9.59 Å². The molecule has 4 aromatic rings. The Bertz CT molecular complexity index is 1370. The number of carbonyl (C=O) groups is 2. The highest BCUT2D eigenvalue weighted by Crippen LogP contribution is 2.40. The minimum Gasteiger partial charge on any atom is -0.497 e. The first-order valence-corrected chi connectivity index (χ1v) is 12.3. The summed E-state index contributed by atoms with van der Waals surface area (Å²) in [6, 6.07) is 15.4. The minimum absolute atomic E-state index is 0.0830. The molecule has 8 heteroatoms. The van der Waals surface area contributed by atoms with Crippen molar-refractivity contribution in [3.63, 3.8) is 0 Å². The SMILES string of the molecule is COc1ccc2c(CC(=O)Nc3sc(-c4ccccc4)c(C)c3C(=O)N3CCOCC3)coc2c1. The molecule has 3 heterocycles. The molecule has 0 saturated carbocycles. The van der Waals surface area contributed by atoms with Crippen molar-refractivity contribution in [2.75, 3.05) is 38.7 Å². The van der Waals surface area contributed by atoms with E-state index in [1.54, 1.807) is 24.3 Å². The predicted molar refractivity (Wildman–Crippen MR) is 136 cm³/mol. The van der Waals surface area contributed by atoms with Crippen LogP contribution in [0.25, 0.3) is 21.4 Å². The number of anilines is 1. The number of furan rings is 1. The van der Waals surface area contributed by atoms with E-state index in [-0.39, 0.29) is 18.2 Å². The van der Waals surface area contributed by atoms with E-state index in [2.05, 4.69) is 5.32 Å². The van der Waals surface area contributed by atoms with Gasteiger partial charge < -0.3 is 24.1 Å². The van der Waals surface area contributed by atoms with Crippen LogP contribution >= 0.6 is 11.3 Å². The van der Waals surface area contributed by atoms with Crippen molar-refractivity contribution in [1.29, 1.82) is 0 Å². The Morgan fingerprint density at radius 1 is 1.11 bits per heavy atom. The van der Waals surface area contributed by atoms with Crippen LogP contribution in [-0.2, 0) is 16.0 Å². The Labute approximate surface area is 207 Å². The van der Waals surface area contributed by atoms with Gasteiger partial charge in [0.2, 0.25) is 5.91 Å². The summed E-state index contributed by atoms with van der Waals surface area (Å²) >= 11 is 1.43. The monoisotopic (exact) mass is 490 g/mol. The molecule has 0 aliphatic carbocycles. The van der Waals surface area contributed by atoms with E-state index in [0.717, 1.165) is 27.0 Å². The average molecular weight is 491 g/mol. The van der Waals surface area contributed by atoms with Crippen LogP contribution in [0.2, 0.25) is 0 Å². The zero-order valence-corrected chi connectivity index (χ0v) is 20.4. The van der Waals surface area contributed by atoms with Crippen LogP contribution in [0.15, 0.2) is 59.2 Å². The minimum atomic E-state index is -0.208. The number of nitrogens with one attached hydrogen (secondary N) is 1. The van der Waals surface area contributed by atoms with E-state index < -0.39 is 0 Å². The van der Waals surface area contributed by atoms with Crippen LogP contribution in [-0.4, -0.2) is 50.1 Å². The van der Waals surface area contributed by atoms with E-state index in [0.29, 0.717) is 48.2 Å². The van der Waals surface area contributed by atoms with Crippen molar-refractivity contribution in [3.05, 3.63) is 71.5 Å². The van der Waals surface area contributed by atoms with Crippen molar-refractivity contribution in [2.24, 2.45) is 0 Å². The van der Waals surface area contributed by atoms with Gasteiger partial charge in [-0.15, -0.1) is 11.3 Å². The fourth-order valence-electron chi connectivity index (χ4n) is 4.32. The Hall–Kier alpha value is -3.62. The van der Waals surface area contributed by atoms with E-state index in [4.69, 9.17) is 13.9 Å². The van der Waals surface area contributed by atoms with Crippen molar-refractivity contribution in [2.45, 2.75) is 13.3 Å². The molecule has 1 aliphatic rings. The van der Waals surface area contributed by atoms with Gasteiger partial charge in [-0.05, 0) is 30.2 Å². The molecule has 1 aliphatic heterocycles. The lowest BCUT2D eigenvalue weighted by atomic mass is 10.1. The van der Waals surface area contributed by atoms with Crippen molar-refractivity contribution < 1.29 is 23.5 Å². The normalized spacial score (nSPS) is 13.7. The molecule has 5 rings (SSSR count). The van der Waals surface area contributed by atoms with Gasteiger partial charge in [-0.1, -0.05) is 30.3 Å². The second-order valence-corrected chi connectivity index (χ2v) is 9.40. The van der Waals surface area contributed by atoms with Crippen molar-refractivity contribution >= 4 is 39.1 Å². The summed E-state index contributed by atoms with van der Waals surface area (Å²) in [4.78, 5) is 29.4. The predicted octanol–water partition coefficient (Wildman–Crippen LogP) is 5.13. The second kappa shape index (κ2) is 9.93. The number of thiophene rings is 1. The summed E-state index contributed by atoms with van der Waals surface area (Å²) < 4.78 is 16.3. The summed E-state index contributed by atoms with van der Waals surface area (Å²) in [6.45, 7) is 4.04. The maximum Gasteiger partial charge on any atom is 0.257 e. The van der Waals surface area contributed by atoms with Crippen molar-refractivity contribution in [3.8, 4) is 16.2 Å². The smallest absolute Gasteiger partial charge is 0.257 e. The number of nitrogens with zero attached hydrogens (tertiary/aromatic N) is 1. The lowest BCUT2D eigenvalue weighted by Gasteiger charge is -2.27. The molecule has 2 aromatic carbocycles. The van der Waals surface area contributed by atoms with Gasteiger partial charge in [0.1, 0.15) is 16.3 Å². The fraction of sp³-hybridized carbons (Fsp3) is 0.259. The highest BCUT2D eigenvalue weighted by Gasteiger charge is 2.28. The molecule has 2 aromatic heterocycles. The standard InChI is InChI=1S/C27H26N2O5S/c1-17-24(27(31)29-10-12-33-13-11-29)26(35-25(17)18-6-4-3-5-7-18)28-23(30)14-19-16-34-22-15-20(32-2)8-9-21(19)22/h3-9,15-16H,10-14H2,1-2H3,(H,28,30). The lowest BCUT2D eigenvalue weighted by Crippen LogP contribution is -2.41. The van der Waals surface area contributed by atoms with Gasteiger partial charge in [0, 0.05) is 35.0 Å². The van der Waals surface area contributed by atoms with E-state index >= 15 is 0 Å². The lowest BCUT2D eigenvalue weighted by molar-refractivity contribution is -0.115. The van der Waals surface area contributed by atoms with Crippen LogP contribution < -0.4 is 10.1 Å². The highest BCUT2D eigenvalue weighted by atomic mass is 32.1. The summed E-state index contributed by atoms with van der Waals surface area (Å²) in [5.74, 6) is 0.400. The molecule has 0 radical (unpaired) electrons. The third kappa shape index (κ3) is 4.67. The number of amides is 2. The van der Waals surface area contributed by atoms with Gasteiger partial charge in [0.15, 0.2) is 0 Å². The zero-order valence-electron chi connectivity index (χ0n) is 19.6. The van der Waals surface area contributed by atoms with Crippen molar-refractivity contribution in [1.82, 2.24) is 4.90 Å². The Balaban J connectivity index is 1.45. The second-order valence-electron chi connectivity index (χ2n) is 8.38. The maximum atomic E-state index is 13.5. The molecule has 180 valence electrons. The van der Waals surface area contributed by atoms with Crippen LogP contribution in [0, 0.1) is 6.92 Å². The van der Waals surface area contributed by atoms with Crippen LogP contribution in [0.1, 0.15) is 21.5 Å². The summed E-state index contributed by atoms with van der Waals surface area (Å²) in [6.07, 6.45) is 1.72. The molecule has 1 N–H and O–H groups in total. The quantitative estimate of drug-likeness (QED) is 0.405. The number of morpholine rings is 1. The Morgan fingerprint density at radius 2 is 1.89 bits per heavy atom. The number of methoxy groups -OCH3 is 1. The molecule has 7 nitrogen and oxygen atoms in total.